The van der Waals surface area contributed by atoms with Gasteiger partial charge in [0.25, 0.3) is 11.8 Å². The highest BCUT2D eigenvalue weighted by Gasteiger charge is 2.15. The first-order valence-corrected chi connectivity index (χ1v) is 9.19. The van der Waals surface area contributed by atoms with Crippen molar-refractivity contribution in [2.75, 3.05) is 19.8 Å². The van der Waals surface area contributed by atoms with Crippen molar-refractivity contribution in [3.8, 4) is 11.5 Å². The van der Waals surface area contributed by atoms with Gasteiger partial charge in [0.2, 0.25) is 0 Å². The van der Waals surface area contributed by atoms with Gasteiger partial charge in [-0.25, -0.2) is 5.43 Å². The Labute approximate surface area is 166 Å². The van der Waals surface area contributed by atoms with E-state index in [9.17, 15) is 9.59 Å². The molecule has 2 aromatic carbocycles. The summed E-state index contributed by atoms with van der Waals surface area (Å²) in [5, 5.41) is 7.59. The molecule has 0 aliphatic carbocycles. The van der Waals surface area contributed by atoms with E-state index >= 15 is 0 Å². The molecular formula is C21H20N4O4. The van der Waals surface area contributed by atoms with Gasteiger partial charge in [0.05, 0.1) is 12.8 Å². The first-order chi connectivity index (χ1) is 14.1. The Bertz CT molecular complexity index is 1100. The highest BCUT2D eigenvalue weighted by molar-refractivity contribution is 6.01. The zero-order chi connectivity index (χ0) is 20.2. The Balaban J connectivity index is 1.32. The van der Waals surface area contributed by atoms with Crippen molar-refractivity contribution in [2.45, 2.75) is 6.92 Å². The Morgan fingerprint density at radius 3 is 2.79 bits per heavy atom. The van der Waals surface area contributed by atoms with Crippen LogP contribution in [0.5, 0.6) is 11.5 Å². The molecule has 0 fully saturated rings. The van der Waals surface area contributed by atoms with Gasteiger partial charge >= 0.3 is 0 Å². The summed E-state index contributed by atoms with van der Waals surface area (Å²) in [4.78, 5) is 27.5. The zero-order valence-corrected chi connectivity index (χ0v) is 15.8. The lowest BCUT2D eigenvalue weighted by atomic mass is 10.1. The highest BCUT2D eigenvalue weighted by Crippen LogP contribution is 2.30. The third-order valence-corrected chi connectivity index (χ3v) is 4.54. The van der Waals surface area contributed by atoms with E-state index < -0.39 is 5.91 Å². The number of rotatable bonds is 5. The molecule has 0 spiro atoms. The number of nitrogens with zero attached hydrogens (tertiary/aromatic N) is 1. The number of carbonyl (C=O) groups is 2. The maximum absolute atomic E-state index is 12.3. The minimum atomic E-state index is -0.426. The quantitative estimate of drug-likeness (QED) is 0.457. The smallest absolute Gasteiger partial charge is 0.259 e. The van der Waals surface area contributed by atoms with Gasteiger partial charge in [0.15, 0.2) is 11.5 Å². The monoisotopic (exact) mass is 392 g/mol. The van der Waals surface area contributed by atoms with Crippen molar-refractivity contribution in [2.24, 2.45) is 5.10 Å². The first-order valence-electron chi connectivity index (χ1n) is 9.19. The van der Waals surface area contributed by atoms with E-state index in [1.165, 1.54) is 0 Å². The van der Waals surface area contributed by atoms with E-state index in [0.29, 0.717) is 30.3 Å². The maximum atomic E-state index is 12.3. The summed E-state index contributed by atoms with van der Waals surface area (Å²) in [6.07, 6.45) is 1.59. The van der Waals surface area contributed by atoms with Gasteiger partial charge in [0, 0.05) is 27.7 Å². The molecule has 3 N–H and O–H groups in total. The summed E-state index contributed by atoms with van der Waals surface area (Å²) in [6, 6.07) is 12.8. The van der Waals surface area contributed by atoms with Crippen molar-refractivity contribution in [1.29, 1.82) is 0 Å². The molecule has 1 aliphatic rings. The van der Waals surface area contributed by atoms with Crippen molar-refractivity contribution in [3.63, 3.8) is 0 Å². The zero-order valence-electron chi connectivity index (χ0n) is 15.8. The molecule has 29 heavy (non-hydrogen) atoms. The van der Waals surface area contributed by atoms with Crippen molar-refractivity contribution >= 4 is 28.9 Å². The SMILES string of the molecule is Cc1[nH]c2ccccc2c1C=NNC(=O)CNC(=O)c1ccc2c(c1)OCCO2. The number of amides is 2. The lowest BCUT2D eigenvalue weighted by molar-refractivity contribution is -0.120. The maximum Gasteiger partial charge on any atom is 0.259 e. The average Bonchev–Trinajstić information content (AvgIpc) is 3.07. The van der Waals surface area contributed by atoms with Crippen LogP contribution >= 0.6 is 0 Å². The molecule has 8 nitrogen and oxygen atoms in total. The summed E-state index contributed by atoms with van der Waals surface area (Å²) in [7, 11) is 0. The van der Waals surface area contributed by atoms with Crippen LogP contribution in [-0.2, 0) is 4.79 Å². The number of aromatic nitrogens is 1. The van der Waals surface area contributed by atoms with Crippen molar-refractivity contribution in [3.05, 3.63) is 59.3 Å². The Kier molecular flexibility index (Phi) is 5.15. The number of carbonyl (C=O) groups excluding carboxylic acids is 2. The summed E-state index contributed by atoms with van der Waals surface area (Å²) in [6.45, 7) is 2.67. The second kappa shape index (κ2) is 8.05. The largest absolute Gasteiger partial charge is 0.486 e. The molecule has 0 atom stereocenters. The number of hydrogen-bond donors (Lipinski definition) is 3. The highest BCUT2D eigenvalue weighted by atomic mass is 16.6. The standard InChI is InChI=1S/C21H20N4O4/c1-13-16(15-4-2-3-5-17(15)24-13)11-23-25-20(26)12-22-21(27)14-6-7-18-19(10-14)29-9-8-28-18/h2-7,10-11,24H,8-9,12H2,1H3,(H,22,27)(H,25,26). The van der Waals surface area contributed by atoms with Gasteiger partial charge in [-0.3, -0.25) is 9.59 Å². The minimum absolute atomic E-state index is 0.197. The van der Waals surface area contributed by atoms with Crippen LogP contribution in [0.4, 0.5) is 0 Å². The predicted octanol–water partition coefficient (Wildman–Crippen LogP) is 2.13. The van der Waals surface area contributed by atoms with E-state index in [0.717, 1.165) is 22.2 Å². The third-order valence-electron chi connectivity index (χ3n) is 4.54. The van der Waals surface area contributed by atoms with E-state index in [1.807, 2.05) is 31.2 Å². The van der Waals surface area contributed by atoms with E-state index in [4.69, 9.17) is 9.47 Å². The van der Waals surface area contributed by atoms with Crippen LogP contribution in [0, 0.1) is 6.92 Å². The fraction of sp³-hybridized carbons (Fsp3) is 0.190. The second-order valence-corrected chi connectivity index (χ2v) is 6.54. The van der Waals surface area contributed by atoms with Crippen LogP contribution < -0.4 is 20.2 Å². The lowest BCUT2D eigenvalue weighted by Crippen LogP contribution is -2.35. The minimum Gasteiger partial charge on any atom is -0.486 e. The van der Waals surface area contributed by atoms with Gasteiger partial charge in [-0.15, -0.1) is 0 Å². The average molecular weight is 392 g/mol. The van der Waals surface area contributed by atoms with Gasteiger partial charge in [-0.05, 0) is 31.2 Å². The molecule has 0 radical (unpaired) electrons. The number of aromatic amines is 1. The van der Waals surface area contributed by atoms with Crippen molar-refractivity contribution < 1.29 is 19.1 Å². The molecular weight excluding hydrogens is 372 g/mol. The number of benzene rings is 2. The molecule has 0 saturated heterocycles. The number of fused-ring (bicyclic) bond motifs is 2. The normalized spacial score (nSPS) is 12.9. The topological polar surface area (TPSA) is 105 Å². The summed E-state index contributed by atoms with van der Waals surface area (Å²) in [5.41, 5.74) is 5.68. The van der Waals surface area contributed by atoms with Crippen LogP contribution in [0.3, 0.4) is 0 Å². The van der Waals surface area contributed by atoms with E-state index in [1.54, 1.807) is 24.4 Å². The molecule has 1 aliphatic heterocycles. The van der Waals surface area contributed by atoms with Gasteiger partial charge in [-0.1, -0.05) is 18.2 Å². The van der Waals surface area contributed by atoms with Crippen LogP contribution in [0.15, 0.2) is 47.6 Å². The molecule has 148 valence electrons. The van der Waals surface area contributed by atoms with Gasteiger partial charge < -0.3 is 19.8 Å². The first kappa shape index (κ1) is 18.5. The molecule has 3 aromatic rings. The number of para-hydroxylation sites is 1. The molecule has 2 heterocycles. The van der Waals surface area contributed by atoms with Crippen LogP contribution in [0.1, 0.15) is 21.6 Å². The van der Waals surface area contributed by atoms with Gasteiger partial charge in [-0.2, -0.15) is 5.10 Å². The Morgan fingerprint density at radius 1 is 1.14 bits per heavy atom. The van der Waals surface area contributed by atoms with Crippen molar-refractivity contribution in [1.82, 2.24) is 15.7 Å². The molecule has 0 unspecified atom stereocenters. The number of ether oxygens (including phenoxy) is 2. The van der Waals surface area contributed by atoms with Crippen LogP contribution in [-0.4, -0.2) is 42.8 Å². The third kappa shape index (κ3) is 4.06. The molecule has 4 rings (SSSR count). The molecule has 8 heteroatoms. The number of nitrogens with one attached hydrogen (secondary N) is 3. The van der Waals surface area contributed by atoms with Crippen LogP contribution in [0.2, 0.25) is 0 Å². The van der Waals surface area contributed by atoms with Crippen LogP contribution in [0.25, 0.3) is 10.9 Å². The number of hydrazone groups is 1. The Morgan fingerprint density at radius 2 is 1.93 bits per heavy atom. The second-order valence-electron chi connectivity index (χ2n) is 6.54. The summed E-state index contributed by atoms with van der Waals surface area (Å²) < 4.78 is 10.9. The summed E-state index contributed by atoms with van der Waals surface area (Å²) >= 11 is 0. The molecule has 0 bridgehead atoms. The molecule has 0 saturated carbocycles. The predicted molar refractivity (Wildman–Crippen MR) is 109 cm³/mol. The van der Waals surface area contributed by atoms with Gasteiger partial charge in [0.1, 0.15) is 13.2 Å². The fourth-order valence-corrected chi connectivity index (χ4v) is 3.12. The number of hydrogen-bond acceptors (Lipinski definition) is 5. The van der Waals surface area contributed by atoms with E-state index in [2.05, 4.69) is 20.8 Å². The molecule has 2 amide bonds. The lowest BCUT2D eigenvalue weighted by Gasteiger charge is -2.18. The summed E-state index contributed by atoms with van der Waals surface area (Å²) in [5.74, 6) is 0.317. The molecule has 1 aromatic heterocycles. The Hall–Kier alpha value is -3.81. The fourth-order valence-electron chi connectivity index (χ4n) is 3.12. The van der Waals surface area contributed by atoms with E-state index in [-0.39, 0.29) is 12.5 Å². The number of aryl methyl sites for hydroxylation is 1. The number of H-pyrrole nitrogens is 1.